The van der Waals surface area contributed by atoms with Crippen LogP contribution in [0.1, 0.15) is 33.6 Å². The largest absolute Gasteiger partial charge is 0.343 e. The molecule has 1 fully saturated rings. The predicted molar refractivity (Wildman–Crippen MR) is 53.5 cm³/mol. The van der Waals surface area contributed by atoms with Crippen molar-refractivity contribution < 1.29 is 4.79 Å². The second-order valence-electron chi connectivity index (χ2n) is 4.10. The Bertz CT molecular complexity index is 172. The summed E-state index contributed by atoms with van der Waals surface area (Å²) in [4.78, 5) is 13.0. The maximum absolute atomic E-state index is 11.0. The smallest absolute Gasteiger partial charge is 0.219 e. The molecular formula is C10H20N2O. The first-order chi connectivity index (χ1) is 6.09. The number of hydrogen-bond acceptors (Lipinski definition) is 2. The lowest BCUT2D eigenvalue weighted by Crippen LogP contribution is -2.46. The van der Waals surface area contributed by atoms with E-state index in [1.165, 1.54) is 0 Å². The molecule has 1 amide bonds. The average molecular weight is 184 g/mol. The van der Waals surface area contributed by atoms with Crippen molar-refractivity contribution in [3.8, 4) is 0 Å². The Morgan fingerprint density at radius 1 is 1.38 bits per heavy atom. The van der Waals surface area contributed by atoms with E-state index in [1.54, 1.807) is 6.92 Å². The summed E-state index contributed by atoms with van der Waals surface area (Å²) in [6, 6.07) is 1.16. The lowest BCUT2D eigenvalue weighted by atomic mass is 10.0. The quantitative estimate of drug-likeness (QED) is 0.694. The monoisotopic (exact) mass is 184 g/mol. The van der Waals surface area contributed by atoms with E-state index >= 15 is 0 Å². The standard InChI is InChI=1S/C10H20N2O/c1-8(2)11-10-4-6-12(7-5-10)9(3)13/h8,10-11H,4-7H2,1-3H3. The lowest BCUT2D eigenvalue weighted by molar-refractivity contribution is -0.129. The molecule has 0 aromatic heterocycles. The number of carbonyl (C=O) groups excluding carboxylic acids is 1. The summed E-state index contributed by atoms with van der Waals surface area (Å²) in [5, 5.41) is 3.50. The van der Waals surface area contributed by atoms with Gasteiger partial charge in [0.25, 0.3) is 0 Å². The Kier molecular flexibility index (Phi) is 3.72. The fourth-order valence-corrected chi connectivity index (χ4v) is 1.83. The second-order valence-corrected chi connectivity index (χ2v) is 4.10. The molecule has 0 spiro atoms. The number of likely N-dealkylation sites (tertiary alicyclic amines) is 1. The molecular weight excluding hydrogens is 164 g/mol. The first-order valence-corrected chi connectivity index (χ1v) is 5.11. The normalized spacial score (nSPS) is 19.5. The van der Waals surface area contributed by atoms with E-state index in [-0.39, 0.29) is 5.91 Å². The maximum atomic E-state index is 11.0. The van der Waals surface area contributed by atoms with Crippen molar-refractivity contribution in [3.05, 3.63) is 0 Å². The molecule has 0 aromatic carbocycles. The summed E-state index contributed by atoms with van der Waals surface area (Å²) in [7, 11) is 0. The van der Waals surface area contributed by atoms with Gasteiger partial charge in [0.05, 0.1) is 0 Å². The van der Waals surface area contributed by atoms with Crippen LogP contribution in [-0.2, 0) is 4.79 Å². The van der Waals surface area contributed by atoms with Gasteiger partial charge in [-0.15, -0.1) is 0 Å². The molecule has 0 bridgehead atoms. The van der Waals surface area contributed by atoms with Crippen molar-refractivity contribution >= 4 is 5.91 Å². The van der Waals surface area contributed by atoms with Crippen molar-refractivity contribution in [3.63, 3.8) is 0 Å². The molecule has 0 atom stereocenters. The molecule has 0 aromatic rings. The molecule has 13 heavy (non-hydrogen) atoms. The van der Waals surface area contributed by atoms with Crippen LogP contribution >= 0.6 is 0 Å². The molecule has 0 unspecified atom stereocenters. The van der Waals surface area contributed by atoms with Crippen molar-refractivity contribution in [2.24, 2.45) is 0 Å². The average Bonchev–Trinajstić information content (AvgIpc) is 2.04. The highest BCUT2D eigenvalue weighted by atomic mass is 16.2. The highest BCUT2D eigenvalue weighted by Crippen LogP contribution is 2.10. The number of amides is 1. The topological polar surface area (TPSA) is 32.3 Å². The molecule has 3 nitrogen and oxygen atoms in total. The van der Waals surface area contributed by atoms with E-state index in [1.807, 2.05) is 4.90 Å². The SMILES string of the molecule is CC(=O)N1CCC(NC(C)C)CC1. The Labute approximate surface area is 80.5 Å². The van der Waals surface area contributed by atoms with Gasteiger partial charge in [-0.3, -0.25) is 4.79 Å². The van der Waals surface area contributed by atoms with Gasteiger partial charge in [0.2, 0.25) is 5.91 Å². The second kappa shape index (κ2) is 4.61. The fourth-order valence-electron chi connectivity index (χ4n) is 1.83. The number of nitrogens with one attached hydrogen (secondary N) is 1. The zero-order valence-electron chi connectivity index (χ0n) is 8.84. The van der Waals surface area contributed by atoms with Gasteiger partial charge in [0, 0.05) is 32.1 Å². The molecule has 1 aliphatic rings. The van der Waals surface area contributed by atoms with Crippen LogP contribution in [0.15, 0.2) is 0 Å². The predicted octanol–water partition coefficient (Wildman–Crippen LogP) is 0.995. The van der Waals surface area contributed by atoms with Crippen LogP contribution in [0.2, 0.25) is 0 Å². The summed E-state index contributed by atoms with van der Waals surface area (Å²) in [6.07, 6.45) is 2.19. The first-order valence-electron chi connectivity index (χ1n) is 5.11. The summed E-state index contributed by atoms with van der Waals surface area (Å²) < 4.78 is 0. The van der Waals surface area contributed by atoms with Gasteiger partial charge in [0.1, 0.15) is 0 Å². The van der Waals surface area contributed by atoms with Crippen LogP contribution < -0.4 is 5.32 Å². The first kappa shape index (κ1) is 10.5. The van der Waals surface area contributed by atoms with Gasteiger partial charge < -0.3 is 10.2 Å². The molecule has 3 heteroatoms. The van der Waals surface area contributed by atoms with E-state index in [2.05, 4.69) is 19.2 Å². The van der Waals surface area contributed by atoms with Crippen LogP contribution in [0.3, 0.4) is 0 Å². The third-order valence-electron chi connectivity index (χ3n) is 2.51. The van der Waals surface area contributed by atoms with Crippen LogP contribution in [0.25, 0.3) is 0 Å². The van der Waals surface area contributed by atoms with Gasteiger partial charge in [-0.05, 0) is 12.8 Å². The van der Waals surface area contributed by atoms with E-state index in [4.69, 9.17) is 0 Å². The summed E-state index contributed by atoms with van der Waals surface area (Å²) in [6.45, 7) is 7.81. The zero-order chi connectivity index (χ0) is 9.84. The van der Waals surface area contributed by atoms with Gasteiger partial charge in [-0.25, -0.2) is 0 Å². The molecule has 1 aliphatic heterocycles. The van der Waals surface area contributed by atoms with Crippen LogP contribution in [0, 0.1) is 0 Å². The van der Waals surface area contributed by atoms with Crippen LogP contribution in [-0.4, -0.2) is 36.0 Å². The van der Waals surface area contributed by atoms with Gasteiger partial charge in [0.15, 0.2) is 0 Å². The minimum atomic E-state index is 0.211. The van der Waals surface area contributed by atoms with Gasteiger partial charge >= 0.3 is 0 Å². The van der Waals surface area contributed by atoms with E-state index < -0.39 is 0 Å². The molecule has 1 rings (SSSR count). The molecule has 0 saturated carbocycles. The maximum Gasteiger partial charge on any atom is 0.219 e. The minimum Gasteiger partial charge on any atom is -0.343 e. The Balaban J connectivity index is 2.26. The number of nitrogens with zero attached hydrogens (tertiary/aromatic N) is 1. The van der Waals surface area contributed by atoms with E-state index in [0.717, 1.165) is 25.9 Å². The van der Waals surface area contributed by atoms with Crippen LogP contribution in [0.4, 0.5) is 0 Å². The lowest BCUT2D eigenvalue weighted by Gasteiger charge is -2.32. The highest BCUT2D eigenvalue weighted by molar-refractivity contribution is 5.73. The Hall–Kier alpha value is -0.570. The zero-order valence-corrected chi connectivity index (χ0v) is 8.84. The van der Waals surface area contributed by atoms with Crippen LogP contribution in [0.5, 0.6) is 0 Å². The third kappa shape index (κ3) is 3.35. The number of piperidine rings is 1. The third-order valence-corrected chi connectivity index (χ3v) is 2.51. The molecule has 76 valence electrons. The van der Waals surface area contributed by atoms with Crippen molar-refractivity contribution in [2.75, 3.05) is 13.1 Å². The highest BCUT2D eigenvalue weighted by Gasteiger charge is 2.20. The van der Waals surface area contributed by atoms with Crippen molar-refractivity contribution in [2.45, 2.75) is 45.7 Å². The Morgan fingerprint density at radius 3 is 2.31 bits per heavy atom. The molecule has 1 heterocycles. The molecule has 0 aliphatic carbocycles. The Morgan fingerprint density at radius 2 is 1.92 bits per heavy atom. The van der Waals surface area contributed by atoms with Gasteiger partial charge in [-0.2, -0.15) is 0 Å². The van der Waals surface area contributed by atoms with Crippen molar-refractivity contribution in [1.29, 1.82) is 0 Å². The molecule has 1 saturated heterocycles. The molecule has 1 N–H and O–H groups in total. The minimum absolute atomic E-state index is 0.211. The number of rotatable bonds is 2. The fraction of sp³-hybridized carbons (Fsp3) is 0.900. The van der Waals surface area contributed by atoms with Crippen molar-refractivity contribution in [1.82, 2.24) is 10.2 Å². The van der Waals surface area contributed by atoms with Gasteiger partial charge in [-0.1, -0.05) is 13.8 Å². The number of carbonyl (C=O) groups is 1. The summed E-state index contributed by atoms with van der Waals surface area (Å²) >= 11 is 0. The van der Waals surface area contributed by atoms with E-state index in [9.17, 15) is 4.79 Å². The summed E-state index contributed by atoms with van der Waals surface area (Å²) in [5.74, 6) is 0.211. The van der Waals surface area contributed by atoms with E-state index in [0.29, 0.717) is 12.1 Å². The number of hydrogen-bond donors (Lipinski definition) is 1. The molecule has 0 radical (unpaired) electrons. The summed E-state index contributed by atoms with van der Waals surface area (Å²) in [5.41, 5.74) is 0.